The fourth-order valence-electron chi connectivity index (χ4n) is 9.19. The Balaban J connectivity index is 1.05. The molecule has 11 aromatic rings. The number of allylic oxidation sites excluding steroid dienone is 4. The summed E-state index contributed by atoms with van der Waals surface area (Å²) in [5.74, 6) is 0.579. The summed E-state index contributed by atoms with van der Waals surface area (Å²) in [4.78, 5) is 5.13. The summed E-state index contributed by atoms with van der Waals surface area (Å²) in [6, 6.07) is 74.8. The van der Waals surface area contributed by atoms with E-state index < -0.39 is 0 Å². The van der Waals surface area contributed by atoms with Gasteiger partial charge in [-0.25, -0.2) is 4.98 Å². The molecule has 4 nitrogen and oxygen atoms in total. The molecule has 4 heteroatoms. The molecule has 0 amide bonds. The van der Waals surface area contributed by atoms with Crippen LogP contribution in [0.1, 0.15) is 17.5 Å². The molecule has 2 aromatic heterocycles. The summed E-state index contributed by atoms with van der Waals surface area (Å²) < 4.78 is 15.6. The number of aromatic nitrogens is 1. The second-order valence-electron chi connectivity index (χ2n) is 16.1. The first-order chi connectivity index (χ1) is 31.2. The lowest BCUT2D eigenvalue weighted by atomic mass is 9.86. The molecule has 9 aromatic carbocycles. The average molecular weight is 808 g/mol. The summed E-state index contributed by atoms with van der Waals surface area (Å²) >= 11 is 0. The number of nitrogens with zero attached hydrogens (tertiary/aromatic N) is 2. The maximum Gasteiger partial charge on any atom is 0.227 e. The Morgan fingerprint density at radius 1 is 0.413 bits per heavy atom. The summed E-state index contributed by atoms with van der Waals surface area (Å²) in [7, 11) is 0. The van der Waals surface area contributed by atoms with Crippen LogP contribution in [0.5, 0.6) is 0 Å². The van der Waals surface area contributed by atoms with E-state index in [9.17, 15) is 0 Å². The van der Waals surface area contributed by atoms with Gasteiger partial charge in [0.1, 0.15) is 16.7 Å². The second kappa shape index (κ2) is 15.3. The molecule has 0 unspecified atom stereocenters. The highest BCUT2D eigenvalue weighted by atomic mass is 16.4. The van der Waals surface area contributed by atoms with Crippen LogP contribution in [0.15, 0.2) is 233 Å². The molecule has 0 bridgehead atoms. The highest BCUT2D eigenvalue weighted by Gasteiger charge is 2.27. The molecule has 1 aliphatic rings. The number of benzene rings is 9. The molecular weight excluding hydrogens is 769 g/mol. The molecule has 0 fully saturated rings. The Hall–Kier alpha value is -8.34. The molecule has 2 heterocycles. The molecule has 0 N–H and O–H groups in total. The molecule has 0 atom stereocenters. The zero-order chi connectivity index (χ0) is 41.7. The number of fused-ring (bicyclic) bond motifs is 5. The van der Waals surface area contributed by atoms with Crippen molar-refractivity contribution in [2.45, 2.75) is 6.42 Å². The highest BCUT2D eigenvalue weighted by molar-refractivity contribution is 6.19. The first kappa shape index (κ1) is 36.5. The minimum atomic E-state index is 0.579. The lowest BCUT2D eigenvalue weighted by Gasteiger charge is -2.19. The highest BCUT2D eigenvalue weighted by Crippen LogP contribution is 2.43. The molecule has 0 saturated heterocycles. The number of oxazole rings is 1. The minimum Gasteiger partial charge on any atom is -0.455 e. The summed E-state index contributed by atoms with van der Waals surface area (Å²) in [5.41, 5.74) is 16.4. The van der Waals surface area contributed by atoms with Crippen LogP contribution in [-0.4, -0.2) is 10.7 Å². The largest absolute Gasteiger partial charge is 0.455 e. The molecule has 0 saturated carbocycles. The fourth-order valence-corrected chi connectivity index (χ4v) is 9.19. The first-order valence-electron chi connectivity index (χ1n) is 21.4. The Kier molecular flexibility index (Phi) is 8.86. The molecule has 296 valence electrons. The second-order valence-corrected chi connectivity index (χ2v) is 16.1. The third-order valence-corrected chi connectivity index (χ3v) is 12.2. The summed E-state index contributed by atoms with van der Waals surface area (Å²) in [6.45, 7) is 0. The van der Waals surface area contributed by atoms with E-state index in [1.165, 1.54) is 44.3 Å². The van der Waals surface area contributed by atoms with Gasteiger partial charge in [0.2, 0.25) is 17.3 Å². The van der Waals surface area contributed by atoms with Crippen molar-refractivity contribution in [1.82, 2.24) is 9.56 Å². The summed E-state index contributed by atoms with van der Waals surface area (Å²) in [6.07, 6.45) is 5.52. The third-order valence-electron chi connectivity index (χ3n) is 12.2. The van der Waals surface area contributed by atoms with Crippen LogP contribution in [0.25, 0.3) is 88.7 Å². The van der Waals surface area contributed by atoms with Crippen molar-refractivity contribution in [2.24, 2.45) is 0 Å². The quantitative estimate of drug-likeness (QED) is 0.151. The van der Waals surface area contributed by atoms with Crippen LogP contribution in [0.4, 0.5) is 11.4 Å². The maximum atomic E-state index is 6.67. The van der Waals surface area contributed by atoms with Gasteiger partial charge in [0.05, 0.1) is 12.0 Å². The first-order valence-corrected chi connectivity index (χ1v) is 21.4. The predicted molar refractivity (Wildman–Crippen MR) is 261 cm³/mol. The van der Waals surface area contributed by atoms with E-state index in [-0.39, 0.29) is 0 Å². The molecule has 1 aliphatic carbocycles. The topological polar surface area (TPSA) is 42.2 Å². The van der Waals surface area contributed by atoms with Crippen LogP contribution in [-0.2, 0) is 0 Å². The van der Waals surface area contributed by atoms with Gasteiger partial charge in [-0.1, -0.05) is 152 Å². The van der Waals surface area contributed by atoms with Gasteiger partial charge in [0.15, 0.2) is 11.3 Å². The van der Waals surface area contributed by atoms with E-state index in [4.69, 9.17) is 13.8 Å². The Morgan fingerprint density at radius 2 is 1.08 bits per heavy atom. The third kappa shape index (κ3) is 6.57. The molecular formula is C59H39N2O2+. The molecule has 0 radical (unpaired) electrons. The number of para-hydroxylation sites is 1. The fraction of sp³-hybridized carbons (Fsp3) is 0.0169. The van der Waals surface area contributed by atoms with Crippen molar-refractivity contribution < 1.29 is 8.83 Å². The average Bonchev–Trinajstić information content (AvgIpc) is 3.96. The Bertz CT molecular complexity index is 3610. The van der Waals surface area contributed by atoms with Crippen LogP contribution in [0.3, 0.4) is 0 Å². The zero-order valence-electron chi connectivity index (χ0n) is 34.3. The van der Waals surface area contributed by atoms with E-state index in [1.54, 1.807) is 0 Å². The van der Waals surface area contributed by atoms with Crippen LogP contribution in [0, 0.1) is 0 Å². The van der Waals surface area contributed by atoms with E-state index in [0.717, 1.165) is 73.1 Å². The maximum absolute atomic E-state index is 6.67. The van der Waals surface area contributed by atoms with Gasteiger partial charge >= 0.3 is 0 Å². The molecule has 0 spiro atoms. The lowest BCUT2D eigenvalue weighted by molar-refractivity contribution is 0.620. The number of rotatable bonds is 7. The monoisotopic (exact) mass is 807 g/mol. The SMILES string of the molecule is C1=C(c2ccccc2)C(c2ccc3ccccc3c2)=CCC1=[N+](c1ccc(-c2c3nc(-c4ccccc4)oc3cc3c2oc2ccccc23)cc1)c1cccc(-c2ccccc2)c1. The van der Waals surface area contributed by atoms with Crippen molar-refractivity contribution in [3.8, 4) is 33.7 Å². The Morgan fingerprint density at radius 3 is 1.87 bits per heavy atom. The van der Waals surface area contributed by atoms with Crippen LogP contribution >= 0.6 is 0 Å². The number of hydrogen-bond acceptors (Lipinski definition) is 3. The van der Waals surface area contributed by atoms with Gasteiger partial charge in [0, 0.05) is 46.7 Å². The van der Waals surface area contributed by atoms with Gasteiger partial charge in [-0.15, -0.1) is 0 Å². The van der Waals surface area contributed by atoms with E-state index in [2.05, 4.69) is 181 Å². The molecule has 0 aliphatic heterocycles. The van der Waals surface area contributed by atoms with Crippen LogP contribution in [0.2, 0.25) is 0 Å². The van der Waals surface area contributed by atoms with Gasteiger partial charge in [-0.2, -0.15) is 4.58 Å². The Labute approximate surface area is 364 Å². The van der Waals surface area contributed by atoms with E-state index >= 15 is 0 Å². The van der Waals surface area contributed by atoms with Crippen molar-refractivity contribution >= 4 is 72.0 Å². The minimum absolute atomic E-state index is 0.579. The van der Waals surface area contributed by atoms with E-state index in [1.807, 2.05) is 48.5 Å². The van der Waals surface area contributed by atoms with E-state index in [0.29, 0.717) is 5.89 Å². The van der Waals surface area contributed by atoms with Crippen molar-refractivity contribution in [1.29, 1.82) is 0 Å². The lowest BCUT2D eigenvalue weighted by Crippen LogP contribution is -2.17. The standard InChI is InChI=1S/C59H39N2O2/c1-4-15-39(16-5-1)45-23-14-24-48(36-45)61(49-33-34-50(52(37-49)41-18-6-2-7-19-41)46-28-27-40-17-10-11-22-44(40)35-46)47-31-29-42(30-32-47)56-57-55(63-59(60-57)43-20-8-3-9-21-43)38-53-51-25-12-13-26-54(51)62-58(53)56/h1-32,34-38H,33H2/q+1. The molecule has 63 heavy (non-hydrogen) atoms. The van der Waals surface area contributed by atoms with Gasteiger partial charge < -0.3 is 8.83 Å². The number of hydrogen-bond donors (Lipinski definition) is 0. The normalized spacial score (nSPS) is 13.7. The smallest absolute Gasteiger partial charge is 0.227 e. The number of furan rings is 1. The van der Waals surface area contributed by atoms with Crippen LogP contribution < -0.4 is 4.58 Å². The van der Waals surface area contributed by atoms with Crippen molar-refractivity contribution in [3.05, 3.63) is 236 Å². The zero-order valence-corrected chi connectivity index (χ0v) is 34.3. The van der Waals surface area contributed by atoms with Crippen molar-refractivity contribution in [3.63, 3.8) is 0 Å². The van der Waals surface area contributed by atoms with Gasteiger partial charge in [-0.05, 0) is 92.2 Å². The molecule has 12 rings (SSSR count). The van der Waals surface area contributed by atoms with Gasteiger partial charge in [-0.3, -0.25) is 0 Å². The predicted octanol–water partition coefficient (Wildman–Crippen LogP) is 15.7. The summed E-state index contributed by atoms with van der Waals surface area (Å²) in [5, 5.41) is 4.51. The van der Waals surface area contributed by atoms with Gasteiger partial charge in [0.25, 0.3) is 0 Å². The van der Waals surface area contributed by atoms with Crippen molar-refractivity contribution in [2.75, 3.05) is 0 Å².